The third-order valence-electron chi connectivity index (χ3n) is 5.00. The molecule has 0 unspecified atom stereocenters. The van der Waals surface area contributed by atoms with E-state index < -0.39 is 17.0 Å². The van der Waals surface area contributed by atoms with Gasteiger partial charge in [-0.2, -0.15) is 0 Å². The van der Waals surface area contributed by atoms with Gasteiger partial charge in [0.1, 0.15) is 17.2 Å². The molecule has 1 aromatic carbocycles. The van der Waals surface area contributed by atoms with Gasteiger partial charge in [0.25, 0.3) is 5.56 Å². The first-order valence-electron chi connectivity index (χ1n) is 10.3. The lowest BCUT2D eigenvalue weighted by Crippen LogP contribution is -2.37. The van der Waals surface area contributed by atoms with Crippen LogP contribution in [0, 0.1) is 0 Å². The predicted molar refractivity (Wildman–Crippen MR) is 131 cm³/mol. The second-order valence-electron chi connectivity index (χ2n) is 7.20. The first-order chi connectivity index (χ1) is 16.5. The minimum atomic E-state index is -0.815. The number of hydrogen-bond donors (Lipinski definition) is 2. The summed E-state index contributed by atoms with van der Waals surface area (Å²) < 4.78 is 7.99. The van der Waals surface area contributed by atoms with Crippen LogP contribution in [0.1, 0.15) is 21.1 Å². The Labute approximate surface area is 202 Å². The number of rotatable bonds is 10. The number of Topliss-reactive ketones (excluding diaryl/α,β-unsaturated/α-hetero) is 1. The van der Waals surface area contributed by atoms with Gasteiger partial charge in [-0.3, -0.25) is 23.7 Å². The molecule has 10 nitrogen and oxygen atoms in total. The fraction of sp³-hybridized carbons (Fsp3) is 0.227. The van der Waals surface area contributed by atoms with Gasteiger partial charge in [-0.15, -0.1) is 21.5 Å². The third kappa shape index (κ3) is 5.03. The van der Waals surface area contributed by atoms with Gasteiger partial charge < -0.3 is 10.5 Å². The summed E-state index contributed by atoms with van der Waals surface area (Å²) in [6.07, 6.45) is 0.588. The van der Waals surface area contributed by atoms with Crippen LogP contribution in [-0.4, -0.2) is 49.6 Å². The molecule has 0 amide bonds. The number of nitrogens with one attached hydrogen (secondary N) is 1. The molecular formula is C22H22N6O4S2. The number of hydrogen-bond acceptors (Lipinski definition) is 9. The number of thiophene rings is 1. The first-order valence-corrected chi connectivity index (χ1v) is 12.2. The van der Waals surface area contributed by atoms with Crippen LogP contribution in [-0.2, 0) is 17.7 Å². The van der Waals surface area contributed by atoms with E-state index in [1.807, 2.05) is 52.4 Å². The number of aromatic amines is 1. The van der Waals surface area contributed by atoms with Crippen LogP contribution in [0.25, 0.3) is 5.69 Å². The molecule has 0 fully saturated rings. The number of carbonyl (C=O) groups excluding carboxylic acids is 1. The maximum absolute atomic E-state index is 13.0. The van der Waals surface area contributed by atoms with E-state index in [9.17, 15) is 14.4 Å². The number of ether oxygens (including phenoxy) is 1. The minimum Gasteiger partial charge on any atom is -0.384 e. The van der Waals surface area contributed by atoms with Gasteiger partial charge >= 0.3 is 5.69 Å². The molecule has 4 rings (SSSR count). The van der Waals surface area contributed by atoms with E-state index in [1.165, 1.54) is 7.11 Å². The van der Waals surface area contributed by atoms with Gasteiger partial charge in [0.05, 0.1) is 18.9 Å². The molecule has 34 heavy (non-hydrogen) atoms. The van der Waals surface area contributed by atoms with Crippen LogP contribution in [0.2, 0.25) is 0 Å². The topological polar surface area (TPSA) is 138 Å². The number of para-hydroxylation sites is 1. The molecule has 0 aliphatic rings. The van der Waals surface area contributed by atoms with Crippen molar-refractivity contribution in [2.24, 2.45) is 0 Å². The van der Waals surface area contributed by atoms with Crippen molar-refractivity contribution in [3.63, 3.8) is 0 Å². The highest BCUT2D eigenvalue weighted by molar-refractivity contribution is 7.99. The maximum Gasteiger partial charge on any atom is 0.330 e. The molecule has 0 atom stereocenters. The Kier molecular flexibility index (Phi) is 7.40. The summed E-state index contributed by atoms with van der Waals surface area (Å²) in [6.45, 7) is 0.311. The lowest BCUT2D eigenvalue weighted by molar-refractivity contribution is 0.102. The maximum atomic E-state index is 13.0. The van der Waals surface area contributed by atoms with E-state index in [2.05, 4.69) is 15.2 Å². The Balaban J connectivity index is 1.62. The molecule has 3 N–H and O–H groups in total. The van der Waals surface area contributed by atoms with Crippen LogP contribution in [0.4, 0.5) is 5.82 Å². The molecule has 0 aliphatic carbocycles. The second kappa shape index (κ2) is 10.6. The zero-order valence-corrected chi connectivity index (χ0v) is 19.9. The fourth-order valence-corrected chi connectivity index (χ4v) is 4.92. The molecule has 0 bridgehead atoms. The molecule has 0 saturated carbocycles. The number of methoxy groups -OCH3 is 1. The van der Waals surface area contributed by atoms with E-state index in [1.54, 1.807) is 11.3 Å². The summed E-state index contributed by atoms with van der Waals surface area (Å²) in [7, 11) is 1.48. The number of benzene rings is 1. The summed E-state index contributed by atoms with van der Waals surface area (Å²) in [4.78, 5) is 40.7. The van der Waals surface area contributed by atoms with Gasteiger partial charge in [-0.1, -0.05) is 36.0 Å². The zero-order valence-electron chi connectivity index (χ0n) is 18.3. The molecular weight excluding hydrogens is 476 g/mol. The van der Waals surface area contributed by atoms with Crippen LogP contribution in [0.15, 0.2) is 62.6 Å². The van der Waals surface area contributed by atoms with E-state index in [-0.39, 0.29) is 30.3 Å². The van der Waals surface area contributed by atoms with E-state index in [4.69, 9.17) is 10.5 Å². The van der Waals surface area contributed by atoms with Gasteiger partial charge in [-0.05, 0) is 23.6 Å². The van der Waals surface area contributed by atoms with Crippen LogP contribution < -0.4 is 17.0 Å². The number of nitrogen functional groups attached to an aromatic ring is 1. The van der Waals surface area contributed by atoms with Crippen molar-refractivity contribution in [2.45, 2.75) is 18.1 Å². The second-order valence-corrected chi connectivity index (χ2v) is 9.18. The lowest BCUT2D eigenvalue weighted by Gasteiger charge is -2.12. The zero-order chi connectivity index (χ0) is 24.1. The van der Waals surface area contributed by atoms with Gasteiger partial charge in [0.15, 0.2) is 10.9 Å². The molecule has 0 aliphatic heterocycles. The number of ketones is 1. The van der Waals surface area contributed by atoms with Gasteiger partial charge in [0, 0.05) is 24.1 Å². The van der Waals surface area contributed by atoms with Crippen LogP contribution in [0.3, 0.4) is 0 Å². The van der Waals surface area contributed by atoms with Crippen molar-refractivity contribution in [1.82, 2.24) is 24.3 Å². The van der Waals surface area contributed by atoms with Crippen molar-refractivity contribution < 1.29 is 9.53 Å². The normalized spacial score (nSPS) is 11.1. The molecule has 4 aromatic rings. The number of anilines is 1. The minimum absolute atomic E-state index is 0.111. The van der Waals surface area contributed by atoms with E-state index in [0.29, 0.717) is 11.6 Å². The molecule has 0 spiro atoms. The van der Waals surface area contributed by atoms with E-state index in [0.717, 1.165) is 32.7 Å². The summed E-state index contributed by atoms with van der Waals surface area (Å²) in [5, 5.41) is 11.2. The quantitative estimate of drug-likeness (QED) is 0.250. The standard InChI is InChI=1S/C22H22N6O4S2/c1-32-10-9-27-19(23)18(20(30)24-21(27)31)16(29)13-34-22-26-25-17(12-15-8-5-11-33-15)28(22)14-6-3-2-4-7-14/h2-8,11H,9-10,12-13,23H2,1H3,(H,24,30,31). The van der Waals surface area contributed by atoms with Gasteiger partial charge in [-0.25, -0.2) is 4.79 Å². The van der Waals surface area contributed by atoms with Crippen LogP contribution in [0.5, 0.6) is 0 Å². The summed E-state index contributed by atoms with van der Waals surface area (Å²) in [6, 6.07) is 13.6. The Hall–Kier alpha value is -3.48. The lowest BCUT2D eigenvalue weighted by atomic mass is 10.2. The highest BCUT2D eigenvalue weighted by atomic mass is 32.2. The molecule has 12 heteroatoms. The SMILES string of the molecule is COCCn1c(N)c(C(=O)CSc2nnc(Cc3cccs3)n2-c2ccccc2)c(=O)[nH]c1=O. The van der Waals surface area contributed by atoms with Crippen molar-refractivity contribution >= 4 is 34.7 Å². The Morgan fingerprint density at radius 1 is 1.18 bits per heavy atom. The molecule has 3 aromatic heterocycles. The highest BCUT2D eigenvalue weighted by Gasteiger charge is 2.22. The molecule has 0 saturated heterocycles. The largest absolute Gasteiger partial charge is 0.384 e. The summed E-state index contributed by atoms with van der Waals surface area (Å²) >= 11 is 2.77. The Bertz CT molecular complexity index is 1390. The van der Waals surface area contributed by atoms with Gasteiger partial charge in [0.2, 0.25) is 0 Å². The monoisotopic (exact) mass is 498 g/mol. The Morgan fingerprint density at radius 3 is 2.68 bits per heavy atom. The first kappa shape index (κ1) is 23.7. The van der Waals surface area contributed by atoms with E-state index >= 15 is 0 Å². The molecule has 0 radical (unpaired) electrons. The Morgan fingerprint density at radius 2 is 1.97 bits per heavy atom. The third-order valence-corrected chi connectivity index (χ3v) is 6.80. The molecule has 3 heterocycles. The summed E-state index contributed by atoms with van der Waals surface area (Å²) in [5.41, 5.74) is 5.12. The van der Waals surface area contributed by atoms with Crippen molar-refractivity contribution in [3.05, 3.63) is 84.9 Å². The van der Waals surface area contributed by atoms with Crippen LogP contribution >= 0.6 is 23.1 Å². The average molecular weight is 499 g/mol. The summed E-state index contributed by atoms with van der Waals surface area (Å²) in [5.74, 6) is -0.0783. The number of nitrogens with two attached hydrogens (primary N) is 1. The van der Waals surface area contributed by atoms with Crippen molar-refractivity contribution in [1.29, 1.82) is 0 Å². The highest BCUT2D eigenvalue weighted by Crippen LogP contribution is 2.25. The number of H-pyrrole nitrogens is 1. The number of thioether (sulfide) groups is 1. The smallest absolute Gasteiger partial charge is 0.330 e. The average Bonchev–Trinajstić information content (AvgIpc) is 3.48. The number of aromatic nitrogens is 5. The number of nitrogens with zero attached hydrogens (tertiary/aromatic N) is 4. The predicted octanol–water partition coefficient (Wildman–Crippen LogP) is 1.97. The van der Waals surface area contributed by atoms with Crippen molar-refractivity contribution in [2.75, 3.05) is 25.2 Å². The number of carbonyl (C=O) groups is 1. The molecule has 176 valence electrons. The van der Waals surface area contributed by atoms with Crippen molar-refractivity contribution in [3.8, 4) is 5.69 Å². The fourth-order valence-electron chi connectivity index (χ4n) is 3.38.